The number of ketones is 1. The van der Waals surface area contributed by atoms with E-state index in [1.54, 1.807) is 17.2 Å². The number of likely N-dealkylation sites (tertiary alicyclic amines) is 1. The molecule has 0 N–H and O–H groups in total. The van der Waals surface area contributed by atoms with Crippen molar-refractivity contribution in [3.8, 4) is 6.07 Å². The predicted molar refractivity (Wildman–Crippen MR) is 106 cm³/mol. The van der Waals surface area contributed by atoms with Crippen molar-refractivity contribution in [2.75, 3.05) is 13.2 Å². The third kappa shape index (κ3) is 4.69. The molecule has 1 aliphatic rings. The molecule has 150 valence electrons. The van der Waals surface area contributed by atoms with Gasteiger partial charge in [-0.3, -0.25) is 14.4 Å². The summed E-state index contributed by atoms with van der Waals surface area (Å²) in [6, 6.07) is 11.3. The molecular weight excluding hydrogens is 390 g/mol. The zero-order valence-corrected chi connectivity index (χ0v) is 17.0. The third-order valence-corrected chi connectivity index (χ3v) is 5.96. The van der Waals surface area contributed by atoms with Gasteiger partial charge in [0.15, 0.2) is 18.3 Å². The van der Waals surface area contributed by atoms with Crippen molar-refractivity contribution in [2.45, 2.75) is 32.2 Å². The number of nitriles is 1. The first kappa shape index (κ1) is 20.7. The molecule has 1 aromatic heterocycles. The molecule has 3 rings (SSSR count). The van der Waals surface area contributed by atoms with Gasteiger partial charge in [0.1, 0.15) is 5.01 Å². The minimum atomic E-state index is -1.05. The fraction of sp³-hybridized carbons (Fsp3) is 0.381. The molecule has 0 unspecified atom stereocenters. The van der Waals surface area contributed by atoms with E-state index in [1.807, 2.05) is 43.3 Å². The van der Waals surface area contributed by atoms with Crippen LogP contribution >= 0.6 is 11.3 Å². The van der Waals surface area contributed by atoms with E-state index in [0.29, 0.717) is 5.01 Å². The molecule has 1 aliphatic heterocycles. The van der Waals surface area contributed by atoms with Gasteiger partial charge in [-0.2, -0.15) is 5.26 Å². The molecule has 1 aromatic carbocycles. The first-order valence-electron chi connectivity index (χ1n) is 9.26. The van der Waals surface area contributed by atoms with Crippen LogP contribution in [0.1, 0.15) is 41.6 Å². The Morgan fingerprint density at radius 3 is 2.72 bits per heavy atom. The Morgan fingerprint density at radius 1 is 1.38 bits per heavy atom. The van der Waals surface area contributed by atoms with Gasteiger partial charge in [-0.05, 0) is 19.4 Å². The Morgan fingerprint density at radius 2 is 2.10 bits per heavy atom. The Balaban J connectivity index is 1.57. The van der Waals surface area contributed by atoms with Crippen molar-refractivity contribution in [3.05, 3.63) is 52.0 Å². The van der Waals surface area contributed by atoms with Gasteiger partial charge in [-0.15, -0.1) is 11.3 Å². The van der Waals surface area contributed by atoms with E-state index in [2.05, 4.69) is 4.98 Å². The van der Waals surface area contributed by atoms with Crippen LogP contribution in [0.2, 0.25) is 0 Å². The number of carbonyl (C=O) groups is 3. The van der Waals surface area contributed by atoms with Crippen LogP contribution in [0.5, 0.6) is 0 Å². The Bertz CT molecular complexity index is 950. The number of aromatic nitrogens is 1. The summed E-state index contributed by atoms with van der Waals surface area (Å²) < 4.78 is 5.14. The van der Waals surface area contributed by atoms with Crippen LogP contribution in [0.4, 0.5) is 0 Å². The van der Waals surface area contributed by atoms with Gasteiger partial charge in [0.05, 0.1) is 18.0 Å². The number of amides is 1. The summed E-state index contributed by atoms with van der Waals surface area (Å²) in [7, 11) is 0. The molecule has 29 heavy (non-hydrogen) atoms. The topological polar surface area (TPSA) is 100 Å². The average Bonchev–Trinajstić information content (AvgIpc) is 3.32. The second-order valence-corrected chi connectivity index (χ2v) is 7.89. The number of carbonyl (C=O) groups excluding carboxylic acids is 3. The predicted octanol–water partition coefficient (Wildman–Crippen LogP) is 2.78. The third-order valence-electron chi connectivity index (χ3n) is 4.93. The maximum Gasteiger partial charge on any atom is 0.311 e. The maximum absolute atomic E-state index is 12.4. The number of aryl methyl sites for hydroxylation is 1. The van der Waals surface area contributed by atoms with Gasteiger partial charge in [0, 0.05) is 24.0 Å². The molecule has 7 nitrogen and oxygen atoms in total. The standard InChI is InChI=1S/C21H21N3O4S/c1-13-12-29-20(23-13)17(9-22)18(25)11-28-21(27)16-8-19(26)24(10-16)14(2)15-6-4-3-5-7-15/h3-7,12,14,16-17H,8,10-11H2,1-2H3/t14-,16+,17+/m0/s1. The van der Waals surface area contributed by atoms with Crippen LogP contribution in [-0.4, -0.2) is 40.7 Å². The van der Waals surface area contributed by atoms with E-state index in [4.69, 9.17) is 4.74 Å². The van der Waals surface area contributed by atoms with Crippen LogP contribution in [0.25, 0.3) is 0 Å². The Hall–Kier alpha value is -3.05. The van der Waals surface area contributed by atoms with E-state index < -0.39 is 30.2 Å². The highest BCUT2D eigenvalue weighted by molar-refractivity contribution is 7.09. The quantitative estimate of drug-likeness (QED) is 0.650. The van der Waals surface area contributed by atoms with Gasteiger partial charge in [0.2, 0.25) is 5.91 Å². The lowest BCUT2D eigenvalue weighted by atomic mass is 10.1. The molecule has 0 saturated carbocycles. The molecule has 2 heterocycles. The number of benzene rings is 1. The largest absolute Gasteiger partial charge is 0.457 e. The van der Waals surface area contributed by atoms with Crippen LogP contribution in [0, 0.1) is 24.2 Å². The summed E-state index contributed by atoms with van der Waals surface area (Å²) in [6.07, 6.45) is 0.0531. The summed E-state index contributed by atoms with van der Waals surface area (Å²) in [6.45, 7) is 3.43. The van der Waals surface area contributed by atoms with Gasteiger partial charge >= 0.3 is 5.97 Å². The zero-order valence-electron chi connectivity index (χ0n) is 16.2. The number of hydrogen-bond donors (Lipinski definition) is 0. The van der Waals surface area contributed by atoms with Crippen LogP contribution in [-0.2, 0) is 19.1 Å². The fourth-order valence-electron chi connectivity index (χ4n) is 3.29. The fourth-order valence-corrected chi connectivity index (χ4v) is 4.15. The van der Waals surface area contributed by atoms with Gasteiger partial charge < -0.3 is 9.64 Å². The van der Waals surface area contributed by atoms with Crippen molar-refractivity contribution in [1.82, 2.24) is 9.88 Å². The normalized spacial score (nSPS) is 18.2. The highest BCUT2D eigenvalue weighted by Gasteiger charge is 2.38. The minimum absolute atomic E-state index is 0.0531. The number of ether oxygens (including phenoxy) is 1. The number of Topliss-reactive ketones (excluding diaryl/α,β-unsaturated/α-hetero) is 1. The molecule has 3 atom stereocenters. The van der Waals surface area contributed by atoms with Crippen molar-refractivity contribution in [3.63, 3.8) is 0 Å². The maximum atomic E-state index is 12.4. The lowest BCUT2D eigenvalue weighted by molar-refractivity contribution is -0.152. The van der Waals surface area contributed by atoms with E-state index >= 15 is 0 Å². The zero-order chi connectivity index (χ0) is 21.0. The molecule has 0 bridgehead atoms. The van der Waals surface area contributed by atoms with Crippen LogP contribution < -0.4 is 0 Å². The summed E-state index contributed by atoms with van der Waals surface area (Å²) in [4.78, 5) is 42.9. The number of rotatable bonds is 7. The molecule has 0 spiro atoms. The number of hydrogen-bond acceptors (Lipinski definition) is 7. The van der Waals surface area contributed by atoms with Gasteiger partial charge in [-0.1, -0.05) is 30.3 Å². The molecule has 1 saturated heterocycles. The molecule has 1 fully saturated rings. The second-order valence-electron chi connectivity index (χ2n) is 7.00. The van der Waals surface area contributed by atoms with Crippen molar-refractivity contribution >= 4 is 29.0 Å². The first-order chi connectivity index (χ1) is 13.9. The van der Waals surface area contributed by atoms with Crippen molar-refractivity contribution < 1.29 is 19.1 Å². The SMILES string of the molecule is Cc1csc([C@H](C#N)C(=O)COC(=O)[C@@H]2CC(=O)N([C@@H](C)c3ccccc3)C2)n1. The summed E-state index contributed by atoms with van der Waals surface area (Å²) in [5.74, 6) is -2.91. The van der Waals surface area contributed by atoms with E-state index in [-0.39, 0.29) is 24.9 Å². The summed E-state index contributed by atoms with van der Waals surface area (Å²) in [5, 5.41) is 11.4. The van der Waals surface area contributed by atoms with Crippen LogP contribution in [0.3, 0.4) is 0 Å². The minimum Gasteiger partial charge on any atom is -0.457 e. The lowest BCUT2D eigenvalue weighted by Gasteiger charge is -2.25. The van der Waals surface area contributed by atoms with Crippen LogP contribution in [0.15, 0.2) is 35.7 Å². The molecule has 0 aliphatic carbocycles. The molecule has 8 heteroatoms. The molecule has 0 radical (unpaired) electrons. The lowest BCUT2D eigenvalue weighted by Crippen LogP contribution is -2.30. The highest BCUT2D eigenvalue weighted by atomic mass is 32.1. The van der Waals surface area contributed by atoms with E-state index in [9.17, 15) is 19.6 Å². The number of esters is 1. The van der Waals surface area contributed by atoms with Gasteiger partial charge in [-0.25, -0.2) is 4.98 Å². The Labute approximate surface area is 172 Å². The summed E-state index contributed by atoms with van der Waals surface area (Å²) >= 11 is 1.23. The monoisotopic (exact) mass is 411 g/mol. The van der Waals surface area contributed by atoms with E-state index in [1.165, 1.54) is 11.3 Å². The number of nitrogens with zero attached hydrogens (tertiary/aromatic N) is 3. The van der Waals surface area contributed by atoms with Crippen molar-refractivity contribution in [1.29, 1.82) is 5.26 Å². The highest BCUT2D eigenvalue weighted by Crippen LogP contribution is 2.29. The first-order valence-corrected chi connectivity index (χ1v) is 10.1. The smallest absolute Gasteiger partial charge is 0.311 e. The Kier molecular flexibility index (Phi) is 6.39. The molecule has 1 amide bonds. The molecule has 2 aromatic rings. The average molecular weight is 411 g/mol. The molecular formula is C21H21N3O4S. The van der Waals surface area contributed by atoms with Crippen molar-refractivity contribution in [2.24, 2.45) is 5.92 Å². The second kappa shape index (κ2) is 8.97. The van der Waals surface area contributed by atoms with Gasteiger partial charge in [0.25, 0.3) is 0 Å². The van der Waals surface area contributed by atoms with E-state index in [0.717, 1.165) is 11.3 Å². The summed E-state index contributed by atoms with van der Waals surface area (Å²) in [5.41, 5.74) is 1.72. The number of thiazole rings is 1.